The standard InChI is InChI=1S/C16H23NO3/c1-11-4-7-14(8-5-11)10-12(2)16(20)17-13(3)6-9-15(18)19/h4-5,7-8,12-13H,6,9-10H2,1-3H3,(H,17,20)(H,18,19). The topological polar surface area (TPSA) is 66.4 Å². The maximum absolute atomic E-state index is 12.0. The van der Waals surface area contributed by atoms with Crippen molar-refractivity contribution in [3.8, 4) is 0 Å². The van der Waals surface area contributed by atoms with E-state index in [9.17, 15) is 9.59 Å². The Kier molecular flexibility index (Phi) is 6.22. The van der Waals surface area contributed by atoms with Crippen molar-refractivity contribution in [3.05, 3.63) is 35.4 Å². The summed E-state index contributed by atoms with van der Waals surface area (Å²) < 4.78 is 0. The van der Waals surface area contributed by atoms with Crippen LogP contribution in [-0.4, -0.2) is 23.0 Å². The van der Waals surface area contributed by atoms with Gasteiger partial charge in [0.25, 0.3) is 0 Å². The fraction of sp³-hybridized carbons (Fsp3) is 0.500. The maximum Gasteiger partial charge on any atom is 0.303 e. The van der Waals surface area contributed by atoms with Crippen molar-refractivity contribution in [3.63, 3.8) is 0 Å². The van der Waals surface area contributed by atoms with E-state index in [-0.39, 0.29) is 24.3 Å². The Bertz CT molecular complexity index is 453. The van der Waals surface area contributed by atoms with Crippen molar-refractivity contribution in [2.75, 3.05) is 0 Å². The minimum absolute atomic E-state index is 0.0246. The van der Waals surface area contributed by atoms with E-state index in [1.54, 1.807) is 0 Å². The Hall–Kier alpha value is -1.84. The summed E-state index contributed by atoms with van der Waals surface area (Å²) in [5.41, 5.74) is 2.34. The van der Waals surface area contributed by atoms with Crippen LogP contribution in [0.2, 0.25) is 0 Å². The van der Waals surface area contributed by atoms with E-state index in [1.165, 1.54) is 5.56 Å². The molecule has 2 unspecified atom stereocenters. The molecule has 1 aromatic rings. The molecule has 110 valence electrons. The molecule has 0 aliphatic heterocycles. The highest BCUT2D eigenvalue weighted by Gasteiger charge is 2.16. The summed E-state index contributed by atoms with van der Waals surface area (Å²) in [5.74, 6) is -0.979. The van der Waals surface area contributed by atoms with E-state index >= 15 is 0 Å². The number of nitrogens with one attached hydrogen (secondary N) is 1. The summed E-state index contributed by atoms with van der Waals surface area (Å²) in [4.78, 5) is 22.5. The van der Waals surface area contributed by atoms with Gasteiger partial charge < -0.3 is 10.4 Å². The molecule has 0 aliphatic carbocycles. The van der Waals surface area contributed by atoms with E-state index in [0.717, 1.165) is 5.56 Å². The third-order valence-electron chi connectivity index (χ3n) is 3.29. The third kappa shape index (κ3) is 5.87. The normalized spacial score (nSPS) is 13.6. The summed E-state index contributed by atoms with van der Waals surface area (Å²) in [5, 5.41) is 11.5. The number of benzene rings is 1. The molecule has 4 heteroatoms. The van der Waals surface area contributed by atoms with Crippen molar-refractivity contribution in [2.24, 2.45) is 5.92 Å². The van der Waals surface area contributed by atoms with Crippen LogP contribution in [0.3, 0.4) is 0 Å². The zero-order valence-corrected chi connectivity index (χ0v) is 12.3. The highest BCUT2D eigenvalue weighted by molar-refractivity contribution is 5.79. The van der Waals surface area contributed by atoms with Gasteiger partial charge in [0, 0.05) is 18.4 Å². The van der Waals surface area contributed by atoms with Gasteiger partial charge in [0.05, 0.1) is 0 Å². The zero-order valence-electron chi connectivity index (χ0n) is 12.3. The molecule has 0 fully saturated rings. The first-order valence-corrected chi connectivity index (χ1v) is 6.96. The molecule has 0 aromatic heterocycles. The first-order valence-electron chi connectivity index (χ1n) is 6.96. The van der Waals surface area contributed by atoms with Crippen LogP contribution in [0.4, 0.5) is 0 Å². The summed E-state index contributed by atoms with van der Waals surface area (Å²) in [6.45, 7) is 5.75. The molecule has 0 saturated heterocycles. The Morgan fingerprint density at radius 2 is 1.80 bits per heavy atom. The zero-order chi connectivity index (χ0) is 15.1. The molecule has 1 amide bonds. The molecule has 1 rings (SSSR count). The second-order valence-electron chi connectivity index (χ2n) is 5.43. The van der Waals surface area contributed by atoms with Crippen molar-refractivity contribution < 1.29 is 14.7 Å². The molecule has 0 heterocycles. The van der Waals surface area contributed by atoms with Crippen LogP contribution in [0.15, 0.2) is 24.3 Å². The average molecular weight is 277 g/mol. The van der Waals surface area contributed by atoms with Gasteiger partial charge in [-0.15, -0.1) is 0 Å². The summed E-state index contributed by atoms with van der Waals surface area (Å²) in [6, 6.07) is 8.03. The van der Waals surface area contributed by atoms with Crippen LogP contribution in [-0.2, 0) is 16.0 Å². The van der Waals surface area contributed by atoms with Crippen LogP contribution >= 0.6 is 0 Å². The molecule has 0 saturated carbocycles. The lowest BCUT2D eigenvalue weighted by Gasteiger charge is -2.17. The molecule has 0 spiro atoms. The highest BCUT2D eigenvalue weighted by atomic mass is 16.4. The van der Waals surface area contributed by atoms with Gasteiger partial charge in [0.15, 0.2) is 0 Å². The fourth-order valence-corrected chi connectivity index (χ4v) is 1.97. The molecule has 1 aromatic carbocycles. The van der Waals surface area contributed by atoms with Gasteiger partial charge in [-0.2, -0.15) is 0 Å². The van der Waals surface area contributed by atoms with Crippen LogP contribution in [0.1, 0.15) is 37.8 Å². The molecule has 20 heavy (non-hydrogen) atoms. The average Bonchev–Trinajstić information content (AvgIpc) is 2.39. The smallest absolute Gasteiger partial charge is 0.303 e. The number of hydrogen-bond acceptors (Lipinski definition) is 2. The maximum atomic E-state index is 12.0. The Balaban J connectivity index is 2.42. The number of amides is 1. The first-order chi connectivity index (χ1) is 9.38. The summed E-state index contributed by atoms with van der Waals surface area (Å²) >= 11 is 0. The lowest BCUT2D eigenvalue weighted by Crippen LogP contribution is -2.37. The highest BCUT2D eigenvalue weighted by Crippen LogP contribution is 2.10. The number of hydrogen-bond donors (Lipinski definition) is 2. The molecule has 0 aliphatic rings. The van der Waals surface area contributed by atoms with Gasteiger partial charge >= 0.3 is 5.97 Å². The second kappa shape index (κ2) is 7.68. The van der Waals surface area contributed by atoms with Crippen molar-refractivity contribution in [2.45, 2.75) is 46.1 Å². The SMILES string of the molecule is Cc1ccc(CC(C)C(=O)NC(C)CCC(=O)O)cc1. The summed E-state index contributed by atoms with van der Waals surface area (Å²) in [7, 11) is 0. The number of carbonyl (C=O) groups is 2. The Morgan fingerprint density at radius 1 is 1.20 bits per heavy atom. The minimum atomic E-state index is -0.834. The fourth-order valence-electron chi connectivity index (χ4n) is 1.97. The van der Waals surface area contributed by atoms with Crippen LogP contribution in [0, 0.1) is 12.8 Å². The van der Waals surface area contributed by atoms with Gasteiger partial charge in [0.1, 0.15) is 0 Å². The molecule has 2 atom stereocenters. The predicted molar refractivity (Wildman–Crippen MR) is 78.5 cm³/mol. The van der Waals surface area contributed by atoms with Gasteiger partial charge in [-0.1, -0.05) is 36.8 Å². The lowest BCUT2D eigenvalue weighted by atomic mass is 9.99. The van der Waals surface area contributed by atoms with E-state index in [2.05, 4.69) is 5.32 Å². The first kappa shape index (κ1) is 16.2. The van der Waals surface area contributed by atoms with Gasteiger partial charge in [0.2, 0.25) is 5.91 Å². The number of aryl methyl sites for hydroxylation is 1. The van der Waals surface area contributed by atoms with E-state index in [0.29, 0.717) is 12.8 Å². The predicted octanol–water partition coefficient (Wildman–Crippen LogP) is 2.54. The van der Waals surface area contributed by atoms with Gasteiger partial charge in [-0.05, 0) is 32.3 Å². The monoisotopic (exact) mass is 277 g/mol. The van der Waals surface area contributed by atoms with Gasteiger partial charge in [-0.25, -0.2) is 0 Å². The Morgan fingerprint density at radius 3 is 2.35 bits per heavy atom. The Labute approximate surface area is 120 Å². The lowest BCUT2D eigenvalue weighted by molar-refractivity contribution is -0.137. The number of rotatable bonds is 7. The number of aliphatic carboxylic acids is 1. The van der Waals surface area contributed by atoms with Crippen molar-refractivity contribution >= 4 is 11.9 Å². The molecule has 0 bridgehead atoms. The van der Waals surface area contributed by atoms with E-state index in [1.807, 2.05) is 45.0 Å². The number of carboxylic acids is 1. The molecule has 0 radical (unpaired) electrons. The van der Waals surface area contributed by atoms with E-state index in [4.69, 9.17) is 5.11 Å². The second-order valence-corrected chi connectivity index (χ2v) is 5.43. The van der Waals surface area contributed by atoms with Crippen LogP contribution in [0.25, 0.3) is 0 Å². The van der Waals surface area contributed by atoms with E-state index < -0.39 is 5.97 Å². The molecule has 4 nitrogen and oxygen atoms in total. The number of carbonyl (C=O) groups excluding carboxylic acids is 1. The van der Waals surface area contributed by atoms with Gasteiger partial charge in [-0.3, -0.25) is 9.59 Å². The largest absolute Gasteiger partial charge is 0.481 e. The summed E-state index contributed by atoms with van der Waals surface area (Å²) in [6.07, 6.45) is 1.23. The quantitative estimate of drug-likeness (QED) is 0.805. The van der Waals surface area contributed by atoms with Crippen molar-refractivity contribution in [1.82, 2.24) is 5.32 Å². The molecular weight excluding hydrogens is 254 g/mol. The number of carboxylic acid groups (broad SMARTS) is 1. The van der Waals surface area contributed by atoms with Crippen LogP contribution < -0.4 is 5.32 Å². The van der Waals surface area contributed by atoms with Crippen molar-refractivity contribution in [1.29, 1.82) is 0 Å². The van der Waals surface area contributed by atoms with Crippen LogP contribution in [0.5, 0.6) is 0 Å². The molecule has 2 N–H and O–H groups in total. The molecular formula is C16H23NO3. The third-order valence-corrected chi connectivity index (χ3v) is 3.29. The minimum Gasteiger partial charge on any atom is -0.481 e.